The number of carbonyl (C=O) groups is 1. The second-order valence-electron chi connectivity index (χ2n) is 3.78. The molecule has 8 heteroatoms. The number of nitrogens with one attached hydrogen (secondary N) is 2. The van der Waals surface area contributed by atoms with Gasteiger partial charge in [0, 0.05) is 19.6 Å². The molecule has 17 heavy (non-hydrogen) atoms. The highest BCUT2D eigenvalue weighted by Gasteiger charge is 2.29. The first-order chi connectivity index (χ1) is 8.11. The Balaban J connectivity index is 2.39. The van der Waals surface area contributed by atoms with Crippen LogP contribution in [-0.2, 0) is 4.79 Å². The van der Waals surface area contributed by atoms with Crippen LogP contribution in [0.15, 0.2) is 11.1 Å². The van der Waals surface area contributed by atoms with Crippen LogP contribution in [0, 0.1) is 0 Å². The lowest BCUT2D eigenvalue weighted by Crippen LogP contribution is -2.57. The number of primary amides is 1. The summed E-state index contributed by atoms with van der Waals surface area (Å²) in [6, 6.07) is -0.541. The third-order valence-electron chi connectivity index (χ3n) is 2.71. The number of carbonyl (C=O) groups excluding carboxylic acids is 1. The first-order valence-corrected chi connectivity index (χ1v) is 5.21. The highest BCUT2D eigenvalue weighted by Crippen LogP contribution is 2.18. The van der Waals surface area contributed by atoms with Crippen molar-refractivity contribution in [1.29, 1.82) is 0 Å². The fraction of sp³-hybridized carbons (Fsp3) is 0.444. The van der Waals surface area contributed by atoms with Gasteiger partial charge in [-0.3, -0.25) is 9.59 Å². The zero-order valence-electron chi connectivity index (χ0n) is 9.14. The van der Waals surface area contributed by atoms with E-state index in [1.165, 1.54) is 6.33 Å². The lowest BCUT2D eigenvalue weighted by molar-refractivity contribution is -0.119. The van der Waals surface area contributed by atoms with Gasteiger partial charge >= 0.3 is 0 Å². The number of H-pyrrole nitrogens is 1. The number of piperazine rings is 1. The molecule has 1 aliphatic heterocycles. The zero-order valence-corrected chi connectivity index (χ0v) is 9.14. The van der Waals surface area contributed by atoms with Gasteiger partial charge in [0.2, 0.25) is 5.91 Å². The summed E-state index contributed by atoms with van der Waals surface area (Å²) in [5.41, 5.74) is 10.5. The molecule has 0 aromatic carbocycles. The van der Waals surface area contributed by atoms with Crippen molar-refractivity contribution >= 4 is 17.4 Å². The Morgan fingerprint density at radius 1 is 1.59 bits per heavy atom. The highest BCUT2D eigenvalue weighted by atomic mass is 16.1. The predicted octanol–water partition coefficient (Wildman–Crippen LogP) is -2.38. The Morgan fingerprint density at radius 3 is 3.06 bits per heavy atom. The summed E-state index contributed by atoms with van der Waals surface area (Å²) in [5, 5.41) is 3.05. The van der Waals surface area contributed by atoms with Crippen molar-refractivity contribution in [3.8, 4) is 0 Å². The molecule has 92 valence electrons. The molecule has 1 amide bonds. The maximum absolute atomic E-state index is 11.4. The van der Waals surface area contributed by atoms with Gasteiger partial charge in [-0.1, -0.05) is 0 Å². The number of anilines is 2. The zero-order chi connectivity index (χ0) is 12.4. The standard InChI is InChI=1S/C9H14N6O2/c10-6-8(13-4-14-9(6)17)15-2-1-12-3-5(15)7(11)16/h4-5,12H,1-3,10H2,(H2,11,16)(H,13,14,17). The molecule has 1 aliphatic rings. The van der Waals surface area contributed by atoms with Gasteiger partial charge in [-0.05, 0) is 0 Å². The van der Waals surface area contributed by atoms with Crippen LogP contribution in [0.2, 0.25) is 0 Å². The third-order valence-corrected chi connectivity index (χ3v) is 2.71. The third kappa shape index (κ3) is 2.07. The van der Waals surface area contributed by atoms with Gasteiger partial charge in [-0.2, -0.15) is 0 Å². The lowest BCUT2D eigenvalue weighted by Gasteiger charge is -2.35. The van der Waals surface area contributed by atoms with E-state index < -0.39 is 17.5 Å². The molecule has 1 aromatic rings. The van der Waals surface area contributed by atoms with E-state index in [2.05, 4.69) is 15.3 Å². The number of amides is 1. The van der Waals surface area contributed by atoms with Crippen LogP contribution in [0.25, 0.3) is 0 Å². The van der Waals surface area contributed by atoms with Crippen molar-refractivity contribution < 1.29 is 4.79 Å². The van der Waals surface area contributed by atoms with Gasteiger partial charge < -0.3 is 26.7 Å². The molecule has 2 rings (SSSR count). The fourth-order valence-corrected chi connectivity index (χ4v) is 1.84. The molecule has 1 aromatic heterocycles. The molecule has 0 saturated carbocycles. The van der Waals surface area contributed by atoms with Crippen LogP contribution in [-0.4, -0.2) is 41.6 Å². The maximum atomic E-state index is 11.4. The average molecular weight is 238 g/mol. The Kier molecular flexibility index (Phi) is 2.96. The minimum Gasteiger partial charge on any atom is -0.391 e. The highest BCUT2D eigenvalue weighted by molar-refractivity contribution is 5.85. The second kappa shape index (κ2) is 4.42. The molecule has 0 spiro atoms. The summed E-state index contributed by atoms with van der Waals surface area (Å²) in [5.74, 6) is -0.169. The predicted molar refractivity (Wildman–Crippen MR) is 62.5 cm³/mol. The van der Waals surface area contributed by atoms with Crippen molar-refractivity contribution in [2.24, 2.45) is 5.73 Å². The molecule has 0 bridgehead atoms. The average Bonchev–Trinajstić information content (AvgIpc) is 2.33. The van der Waals surface area contributed by atoms with Crippen molar-refractivity contribution in [2.45, 2.75) is 6.04 Å². The molecule has 2 heterocycles. The van der Waals surface area contributed by atoms with Crippen molar-refractivity contribution in [3.63, 3.8) is 0 Å². The smallest absolute Gasteiger partial charge is 0.276 e. The topological polar surface area (TPSA) is 130 Å². The maximum Gasteiger partial charge on any atom is 0.276 e. The SMILES string of the molecule is NC(=O)C1CNCCN1c1nc[nH]c(=O)c1N. The van der Waals surface area contributed by atoms with Gasteiger partial charge in [-0.15, -0.1) is 0 Å². The summed E-state index contributed by atoms with van der Waals surface area (Å²) in [6.07, 6.45) is 1.26. The largest absolute Gasteiger partial charge is 0.391 e. The number of nitrogen functional groups attached to an aromatic ring is 1. The van der Waals surface area contributed by atoms with Crippen LogP contribution < -0.4 is 27.2 Å². The summed E-state index contributed by atoms with van der Waals surface area (Å²) < 4.78 is 0. The van der Waals surface area contributed by atoms with Crippen LogP contribution in [0.1, 0.15) is 0 Å². The van der Waals surface area contributed by atoms with Crippen molar-refractivity contribution in [2.75, 3.05) is 30.3 Å². The first kappa shape index (κ1) is 11.4. The molecule has 1 atom stereocenters. The molecule has 1 fully saturated rings. The molecule has 6 N–H and O–H groups in total. The quantitative estimate of drug-likeness (QED) is 0.455. The number of rotatable bonds is 2. The van der Waals surface area contributed by atoms with Gasteiger partial charge in [0.05, 0.1) is 6.33 Å². The van der Waals surface area contributed by atoms with E-state index >= 15 is 0 Å². The van der Waals surface area contributed by atoms with Gasteiger partial charge in [0.15, 0.2) is 5.82 Å². The van der Waals surface area contributed by atoms with Crippen LogP contribution in [0.4, 0.5) is 11.5 Å². The van der Waals surface area contributed by atoms with E-state index in [1.54, 1.807) is 4.90 Å². The van der Waals surface area contributed by atoms with E-state index in [1.807, 2.05) is 0 Å². The second-order valence-corrected chi connectivity index (χ2v) is 3.78. The van der Waals surface area contributed by atoms with Crippen molar-refractivity contribution in [3.05, 3.63) is 16.7 Å². The molecule has 0 radical (unpaired) electrons. The van der Waals surface area contributed by atoms with Gasteiger partial charge in [0.25, 0.3) is 5.56 Å². The van der Waals surface area contributed by atoms with Crippen LogP contribution in [0.5, 0.6) is 0 Å². The molecular formula is C9H14N6O2. The normalized spacial score (nSPS) is 20.2. The van der Waals surface area contributed by atoms with E-state index in [4.69, 9.17) is 11.5 Å². The Bertz CT molecular complexity index is 485. The number of aromatic amines is 1. The summed E-state index contributed by atoms with van der Waals surface area (Å²) in [4.78, 5) is 30.7. The van der Waals surface area contributed by atoms with E-state index in [-0.39, 0.29) is 5.69 Å². The fourth-order valence-electron chi connectivity index (χ4n) is 1.84. The number of hydrogen-bond donors (Lipinski definition) is 4. The molecular weight excluding hydrogens is 224 g/mol. The molecule has 1 unspecified atom stereocenters. The first-order valence-electron chi connectivity index (χ1n) is 5.21. The van der Waals surface area contributed by atoms with Gasteiger partial charge in [-0.25, -0.2) is 4.98 Å². The molecule has 8 nitrogen and oxygen atoms in total. The van der Waals surface area contributed by atoms with Crippen LogP contribution >= 0.6 is 0 Å². The summed E-state index contributed by atoms with van der Waals surface area (Å²) in [7, 11) is 0. The summed E-state index contributed by atoms with van der Waals surface area (Å²) >= 11 is 0. The van der Waals surface area contributed by atoms with Crippen molar-refractivity contribution in [1.82, 2.24) is 15.3 Å². The molecule has 1 saturated heterocycles. The Hall–Kier alpha value is -2.09. The minimum atomic E-state index is -0.541. The van der Waals surface area contributed by atoms with Crippen LogP contribution in [0.3, 0.4) is 0 Å². The lowest BCUT2D eigenvalue weighted by atomic mass is 10.1. The number of nitrogens with two attached hydrogens (primary N) is 2. The number of nitrogens with zero attached hydrogens (tertiary/aromatic N) is 2. The monoisotopic (exact) mass is 238 g/mol. The van der Waals surface area contributed by atoms with E-state index in [0.29, 0.717) is 25.5 Å². The number of aromatic nitrogens is 2. The van der Waals surface area contributed by atoms with E-state index in [9.17, 15) is 9.59 Å². The Morgan fingerprint density at radius 2 is 2.35 bits per heavy atom. The number of hydrogen-bond acceptors (Lipinski definition) is 6. The minimum absolute atomic E-state index is 0.000602. The summed E-state index contributed by atoms with van der Waals surface area (Å²) in [6.45, 7) is 1.62. The van der Waals surface area contributed by atoms with Gasteiger partial charge in [0.1, 0.15) is 11.7 Å². The molecule has 0 aliphatic carbocycles. The van der Waals surface area contributed by atoms with E-state index in [0.717, 1.165) is 0 Å². The Labute approximate surface area is 97.0 Å².